The van der Waals surface area contributed by atoms with Crippen LogP contribution in [-0.2, 0) is 27.3 Å². The largest absolute Gasteiger partial charge is 0.338 e. The Hall–Kier alpha value is 0.828. The van der Waals surface area contributed by atoms with Crippen LogP contribution in [0.1, 0.15) is 83.1 Å². The second kappa shape index (κ2) is 11.0. The molecule has 0 radical (unpaired) electrons. The summed E-state index contributed by atoms with van der Waals surface area (Å²) >= 11 is 0. The average Bonchev–Trinajstić information content (AvgIpc) is 2.73. The zero-order chi connectivity index (χ0) is 28.8. The Morgan fingerprint density at radius 3 is 0.861 bits per heavy atom. The minimum absolute atomic E-state index is 0.0892. The van der Waals surface area contributed by atoms with Crippen molar-refractivity contribution in [3.05, 3.63) is 0 Å². The van der Waals surface area contributed by atoms with E-state index >= 15 is 8.42 Å². The second-order valence-corrected chi connectivity index (χ2v) is 40.3. The van der Waals surface area contributed by atoms with Crippen molar-refractivity contribution < 1.29 is 16.2 Å². The van der Waals surface area contributed by atoms with Gasteiger partial charge in [0.25, 0.3) is 0 Å². The summed E-state index contributed by atoms with van der Waals surface area (Å²) in [4.78, 5) is 0. The third-order valence-electron chi connectivity index (χ3n) is 10.2. The lowest BCUT2D eigenvalue weighted by Crippen LogP contribution is -2.69. The first-order chi connectivity index (χ1) is 16.0. The van der Waals surface area contributed by atoms with Crippen molar-refractivity contribution in [2.45, 2.75) is 156 Å². The molecule has 0 N–H and O–H groups in total. The van der Waals surface area contributed by atoms with E-state index in [1.807, 2.05) is 0 Å². The molecule has 36 heavy (non-hydrogen) atoms. The van der Waals surface area contributed by atoms with Crippen LogP contribution in [-0.4, -0.2) is 48.8 Å². The minimum Gasteiger partial charge on any atom is -0.338 e. The van der Waals surface area contributed by atoms with Crippen molar-refractivity contribution >= 4 is 60.0 Å². The standard InChI is InChI=1S/C26H60O4S2Si4/c1-17-35(18-2,19-3)23-31(27,29-33(13,14)25(7,8)9)24(36(20-4,21-5)22-6)32(23,28)30-34(15,16)26(10,11)12/h17-22H2,1-16H3. The SMILES string of the molecule is CC[Si](CC)(CC)C1=S(=O)(O[Si](C)(C)C(C)(C)C)C([Si](CC)(CC)CC)=S1(=O)O[Si](C)(C)C(C)(C)C. The maximum absolute atomic E-state index is 15.7. The third kappa shape index (κ3) is 5.54. The molecule has 0 spiro atoms. The first-order valence-corrected chi connectivity index (χ1v) is 28.3. The van der Waals surface area contributed by atoms with Crippen molar-refractivity contribution in [3.8, 4) is 0 Å². The van der Waals surface area contributed by atoms with Crippen molar-refractivity contribution in [1.82, 2.24) is 0 Å². The van der Waals surface area contributed by atoms with E-state index in [2.05, 4.69) is 109 Å². The van der Waals surface area contributed by atoms with Gasteiger partial charge in [-0.15, -0.1) is 0 Å². The van der Waals surface area contributed by atoms with E-state index in [4.69, 9.17) is 7.74 Å². The number of hydrogen-bond acceptors (Lipinski definition) is 4. The van der Waals surface area contributed by atoms with Gasteiger partial charge in [-0.2, -0.15) is 0 Å². The smallest absolute Gasteiger partial charge is 0.213 e. The summed E-state index contributed by atoms with van der Waals surface area (Å²) in [5, 5.41) is -0.178. The number of rotatable bonds is 12. The van der Waals surface area contributed by atoms with Crippen molar-refractivity contribution in [3.63, 3.8) is 0 Å². The molecule has 216 valence electrons. The third-order valence-corrected chi connectivity index (χ3v) is 45.5. The number of hydrogen-bond donors (Lipinski definition) is 0. The molecule has 0 saturated heterocycles. The molecule has 1 aliphatic rings. The monoisotopic (exact) mass is 612 g/mol. The zero-order valence-corrected chi connectivity index (χ0v) is 32.3. The summed E-state index contributed by atoms with van der Waals surface area (Å²) in [5.74, 6) is 0. The van der Waals surface area contributed by atoms with Gasteiger partial charge in [0, 0.05) is 0 Å². The van der Waals surface area contributed by atoms with Crippen LogP contribution < -0.4 is 0 Å². The molecular weight excluding hydrogens is 553 g/mol. The van der Waals surface area contributed by atoms with Crippen LogP contribution in [0.2, 0.25) is 72.5 Å². The lowest BCUT2D eigenvalue weighted by Gasteiger charge is -2.52. The second-order valence-electron chi connectivity index (χ2n) is 14.0. The molecule has 0 atom stereocenters. The molecule has 0 aromatic rings. The highest BCUT2D eigenvalue weighted by Crippen LogP contribution is 2.48. The van der Waals surface area contributed by atoms with E-state index in [0.29, 0.717) is 0 Å². The summed E-state index contributed by atoms with van der Waals surface area (Å²) in [6.45, 7) is 35.3. The molecule has 0 fully saturated rings. The molecular formula is C26H60O4S2Si4. The van der Waals surface area contributed by atoms with Crippen LogP contribution in [0.15, 0.2) is 0 Å². The zero-order valence-electron chi connectivity index (χ0n) is 26.7. The highest BCUT2D eigenvalue weighted by atomic mass is 32.3. The van der Waals surface area contributed by atoms with Gasteiger partial charge in [0.15, 0.2) is 0 Å². The van der Waals surface area contributed by atoms with Gasteiger partial charge >= 0.3 is 0 Å². The Balaban J connectivity index is 4.41. The molecule has 1 aliphatic heterocycles. The van der Waals surface area contributed by atoms with E-state index in [-0.39, 0.29) is 10.1 Å². The fraction of sp³-hybridized carbons (Fsp3) is 0.923. The fourth-order valence-corrected chi connectivity index (χ4v) is 40.4. The molecule has 0 saturated carbocycles. The Bertz CT molecular complexity index is 918. The van der Waals surface area contributed by atoms with Gasteiger partial charge in [-0.05, 0) is 36.3 Å². The van der Waals surface area contributed by atoms with Crippen LogP contribution in [0.25, 0.3) is 0 Å². The molecule has 0 bridgehead atoms. The maximum Gasteiger partial charge on any atom is 0.213 e. The summed E-state index contributed by atoms with van der Waals surface area (Å²) in [5.41, 5.74) is 0. The Labute approximate surface area is 230 Å². The van der Waals surface area contributed by atoms with Crippen LogP contribution in [0.3, 0.4) is 0 Å². The summed E-state index contributed by atoms with van der Waals surface area (Å²) in [6.07, 6.45) is 0. The van der Waals surface area contributed by atoms with Crippen molar-refractivity contribution in [1.29, 1.82) is 0 Å². The normalized spacial score (nSPS) is 24.8. The lowest BCUT2D eigenvalue weighted by atomic mass is 10.2. The van der Waals surface area contributed by atoms with Gasteiger partial charge < -0.3 is 7.74 Å². The highest BCUT2D eigenvalue weighted by molar-refractivity contribution is 8.53. The molecule has 4 nitrogen and oxygen atoms in total. The molecule has 0 aromatic heterocycles. The Morgan fingerprint density at radius 2 is 0.722 bits per heavy atom. The minimum atomic E-state index is -2.98. The molecule has 0 amide bonds. The van der Waals surface area contributed by atoms with Gasteiger partial charge in [-0.3, -0.25) is 0 Å². The average molecular weight is 613 g/mol. The van der Waals surface area contributed by atoms with Gasteiger partial charge in [0.1, 0.15) is 35.8 Å². The molecule has 0 aliphatic carbocycles. The van der Waals surface area contributed by atoms with Crippen molar-refractivity contribution in [2.75, 3.05) is 0 Å². The van der Waals surface area contributed by atoms with E-state index in [9.17, 15) is 0 Å². The van der Waals surface area contributed by atoms with E-state index in [1.165, 1.54) is 0 Å². The Kier molecular flexibility index (Phi) is 10.7. The predicted molar refractivity (Wildman–Crippen MR) is 177 cm³/mol. The van der Waals surface area contributed by atoms with Crippen LogP contribution in [0.5, 0.6) is 0 Å². The summed E-state index contributed by atoms with van der Waals surface area (Å²) in [7, 11) is -15.5. The highest BCUT2D eigenvalue weighted by Gasteiger charge is 2.62. The van der Waals surface area contributed by atoms with Crippen LogP contribution in [0.4, 0.5) is 0 Å². The summed E-state index contributed by atoms with van der Waals surface area (Å²) < 4.78 is 47.2. The van der Waals surface area contributed by atoms with Crippen LogP contribution in [0, 0.1) is 0 Å². The Morgan fingerprint density at radius 1 is 0.528 bits per heavy atom. The lowest BCUT2D eigenvalue weighted by molar-refractivity contribution is 0.508. The summed E-state index contributed by atoms with van der Waals surface area (Å²) in [6, 6.07) is 5.57. The van der Waals surface area contributed by atoms with Gasteiger partial charge in [0.2, 0.25) is 16.6 Å². The molecule has 0 unspecified atom stereocenters. The molecule has 0 aromatic carbocycles. The van der Waals surface area contributed by atoms with Gasteiger partial charge in [0.05, 0.1) is 7.64 Å². The maximum atomic E-state index is 15.7. The first kappa shape index (κ1) is 34.9. The van der Waals surface area contributed by atoms with E-state index < -0.39 is 52.4 Å². The van der Waals surface area contributed by atoms with E-state index in [1.54, 1.807) is 0 Å². The quantitative estimate of drug-likeness (QED) is 0.163. The van der Waals surface area contributed by atoms with E-state index in [0.717, 1.165) is 43.9 Å². The molecule has 1 heterocycles. The van der Waals surface area contributed by atoms with Gasteiger partial charge in [-0.1, -0.05) is 119 Å². The van der Waals surface area contributed by atoms with Crippen LogP contribution >= 0.6 is 0 Å². The molecule has 1 rings (SSSR count). The molecule has 10 heteroatoms. The topological polar surface area (TPSA) is 52.6 Å². The van der Waals surface area contributed by atoms with Gasteiger partial charge in [-0.25, -0.2) is 8.42 Å². The first-order valence-electron chi connectivity index (χ1n) is 14.3. The fourth-order valence-electron chi connectivity index (χ4n) is 4.92. The predicted octanol–water partition coefficient (Wildman–Crippen LogP) is 8.80. The van der Waals surface area contributed by atoms with Crippen molar-refractivity contribution in [2.24, 2.45) is 0 Å².